The molecule has 1 aliphatic heterocycles. The van der Waals surface area contributed by atoms with Gasteiger partial charge in [0, 0.05) is 24.8 Å². The second-order valence-corrected chi connectivity index (χ2v) is 8.12. The minimum absolute atomic E-state index is 0.0573. The van der Waals surface area contributed by atoms with E-state index < -0.39 is 23.7 Å². The summed E-state index contributed by atoms with van der Waals surface area (Å²) < 4.78 is 44.4. The summed E-state index contributed by atoms with van der Waals surface area (Å²) in [6.07, 6.45) is -1.81. The molecule has 2 heterocycles. The molecule has 0 spiro atoms. The van der Waals surface area contributed by atoms with Crippen molar-refractivity contribution in [1.29, 1.82) is 0 Å². The zero-order chi connectivity index (χ0) is 24.1. The largest absolute Gasteiger partial charge is 0.459 e. The first kappa shape index (κ1) is 23.6. The molecule has 0 radical (unpaired) electrons. The topological polar surface area (TPSA) is 74.6 Å². The van der Waals surface area contributed by atoms with Gasteiger partial charge in [0.1, 0.15) is 6.04 Å². The predicted molar refractivity (Wildman–Crippen MR) is 120 cm³/mol. The van der Waals surface area contributed by atoms with E-state index in [1.165, 1.54) is 18.4 Å². The molecule has 2 amide bonds. The molecule has 0 bridgehead atoms. The maximum absolute atomic E-state index is 13.1. The summed E-state index contributed by atoms with van der Waals surface area (Å²) in [7, 11) is 0. The number of rotatable bonds is 6. The van der Waals surface area contributed by atoms with E-state index in [1.54, 1.807) is 41.3 Å². The van der Waals surface area contributed by atoms with Gasteiger partial charge in [-0.25, -0.2) is 0 Å². The van der Waals surface area contributed by atoms with Crippen molar-refractivity contribution in [1.82, 2.24) is 10.2 Å². The van der Waals surface area contributed by atoms with Crippen molar-refractivity contribution in [2.24, 2.45) is 0 Å². The van der Waals surface area contributed by atoms with Crippen LogP contribution in [0.5, 0.6) is 0 Å². The van der Waals surface area contributed by atoms with Crippen molar-refractivity contribution >= 4 is 17.5 Å². The molecule has 2 N–H and O–H groups in total. The van der Waals surface area contributed by atoms with Gasteiger partial charge in [-0.05, 0) is 48.7 Å². The molecule has 9 heteroatoms. The zero-order valence-electron chi connectivity index (χ0n) is 18.2. The van der Waals surface area contributed by atoms with Crippen molar-refractivity contribution in [3.63, 3.8) is 0 Å². The molecule has 1 atom stereocenters. The Labute approximate surface area is 194 Å². The maximum Gasteiger partial charge on any atom is 0.416 e. The van der Waals surface area contributed by atoms with E-state index in [0.717, 1.165) is 12.1 Å². The molecule has 1 unspecified atom stereocenters. The summed E-state index contributed by atoms with van der Waals surface area (Å²) in [5.41, 5.74) is -0.0643. The first-order valence-electron chi connectivity index (χ1n) is 10.9. The van der Waals surface area contributed by atoms with E-state index in [4.69, 9.17) is 4.42 Å². The lowest BCUT2D eigenvalue weighted by molar-refractivity contribution is -0.137. The number of halogens is 3. The van der Waals surface area contributed by atoms with E-state index in [0.29, 0.717) is 31.5 Å². The Morgan fingerprint density at radius 1 is 0.971 bits per heavy atom. The van der Waals surface area contributed by atoms with Gasteiger partial charge >= 0.3 is 6.18 Å². The summed E-state index contributed by atoms with van der Waals surface area (Å²) >= 11 is 0. The number of furan rings is 1. The number of likely N-dealkylation sites (tertiary alicyclic amines) is 1. The minimum atomic E-state index is -4.50. The monoisotopic (exact) mass is 471 g/mol. The molecule has 1 aliphatic rings. The third-order valence-electron chi connectivity index (χ3n) is 5.77. The van der Waals surface area contributed by atoms with Crippen molar-refractivity contribution in [3.05, 3.63) is 89.9 Å². The lowest BCUT2D eigenvalue weighted by atomic mass is 10.00. The van der Waals surface area contributed by atoms with Gasteiger partial charge in [0.2, 0.25) is 5.91 Å². The van der Waals surface area contributed by atoms with Gasteiger partial charge in [-0.3, -0.25) is 14.9 Å². The number of hydrogen-bond acceptors (Lipinski definition) is 4. The standard InChI is InChI=1S/C25H24F3N3O3/c26-25(27,28)18-8-4-9-20(16-18)30-23(32)22(17-6-2-1-3-7-17)29-19-11-13-31(14-12-19)24(33)21-10-5-15-34-21/h1-10,15-16,19,22,29H,11-14H2,(H,30,32). The fraction of sp³-hybridized carbons (Fsp3) is 0.280. The van der Waals surface area contributed by atoms with Crippen LogP contribution in [0.15, 0.2) is 77.4 Å². The van der Waals surface area contributed by atoms with Crippen molar-refractivity contribution in [3.8, 4) is 0 Å². The predicted octanol–water partition coefficient (Wildman–Crippen LogP) is 4.87. The number of alkyl halides is 3. The molecule has 0 saturated carbocycles. The van der Waals surface area contributed by atoms with E-state index in [-0.39, 0.29) is 23.4 Å². The second kappa shape index (κ2) is 10.1. The number of benzene rings is 2. The lowest BCUT2D eigenvalue weighted by Gasteiger charge is -2.34. The highest BCUT2D eigenvalue weighted by molar-refractivity contribution is 5.95. The molecule has 2 aromatic carbocycles. The van der Waals surface area contributed by atoms with Crippen LogP contribution >= 0.6 is 0 Å². The maximum atomic E-state index is 13.1. The number of nitrogens with zero attached hydrogens (tertiary/aromatic N) is 1. The van der Waals surface area contributed by atoms with Gasteiger partial charge in [0.15, 0.2) is 5.76 Å². The van der Waals surface area contributed by atoms with Crippen molar-refractivity contribution < 1.29 is 27.2 Å². The van der Waals surface area contributed by atoms with Crippen LogP contribution in [0.4, 0.5) is 18.9 Å². The van der Waals surface area contributed by atoms with E-state index in [1.807, 2.05) is 6.07 Å². The molecule has 4 rings (SSSR count). The van der Waals surface area contributed by atoms with Crippen LogP contribution in [0, 0.1) is 0 Å². The average molecular weight is 471 g/mol. The fourth-order valence-electron chi connectivity index (χ4n) is 4.00. The number of anilines is 1. The molecule has 1 saturated heterocycles. The second-order valence-electron chi connectivity index (χ2n) is 8.12. The van der Waals surface area contributed by atoms with Gasteiger partial charge in [-0.2, -0.15) is 13.2 Å². The highest BCUT2D eigenvalue weighted by Crippen LogP contribution is 2.31. The molecule has 0 aliphatic carbocycles. The van der Waals surface area contributed by atoms with Gasteiger partial charge in [0.05, 0.1) is 11.8 Å². The minimum Gasteiger partial charge on any atom is -0.459 e. The zero-order valence-corrected chi connectivity index (χ0v) is 18.2. The summed E-state index contributed by atoms with van der Waals surface area (Å²) in [5.74, 6) is -0.348. The first-order valence-corrected chi connectivity index (χ1v) is 10.9. The highest BCUT2D eigenvalue weighted by Gasteiger charge is 2.32. The van der Waals surface area contributed by atoms with Crippen LogP contribution in [0.3, 0.4) is 0 Å². The summed E-state index contributed by atoms with van der Waals surface area (Å²) in [5, 5.41) is 5.95. The molecule has 178 valence electrons. The molecular formula is C25H24F3N3O3. The molecule has 6 nitrogen and oxygen atoms in total. The third-order valence-corrected chi connectivity index (χ3v) is 5.77. The Morgan fingerprint density at radius 2 is 1.71 bits per heavy atom. The van der Waals surface area contributed by atoms with Crippen LogP contribution < -0.4 is 10.6 Å². The molecular weight excluding hydrogens is 447 g/mol. The Kier molecular flexibility index (Phi) is 7.02. The number of nitrogens with one attached hydrogen (secondary N) is 2. The normalized spacial score (nSPS) is 15.7. The SMILES string of the molecule is O=C(Nc1cccc(C(F)(F)F)c1)C(NC1CCN(C(=O)c2ccco2)CC1)c1ccccc1. The Hall–Kier alpha value is -3.59. The van der Waals surface area contributed by atoms with E-state index in [2.05, 4.69) is 10.6 Å². The third kappa shape index (κ3) is 5.66. The van der Waals surface area contributed by atoms with Gasteiger partial charge < -0.3 is 14.6 Å². The number of carbonyl (C=O) groups excluding carboxylic acids is 2. The van der Waals surface area contributed by atoms with Gasteiger partial charge in [-0.1, -0.05) is 36.4 Å². The van der Waals surface area contributed by atoms with Gasteiger partial charge in [0.25, 0.3) is 5.91 Å². The molecule has 1 aromatic heterocycles. The Balaban J connectivity index is 1.44. The number of carbonyl (C=O) groups is 2. The Bertz CT molecular complexity index is 1110. The van der Waals surface area contributed by atoms with Crippen molar-refractivity contribution in [2.75, 3.05) is 18.4 Å². The number of amides is 2. The van der Waals surface area contributed by atoms with Crippen LogP contribution in [0.2, 0.25) is 0 Å². The summed E-state index contributed by atoms with van der Waals surface area (Å²) in [6.45, 7) is 0.988. The Morgan fingerprint density at radius 3 is 2.35 bits per heavy atom. The van der Waals surface area contributed by atoms with Crippen molar-refractivity contribution in [2.45, 2.75) is 31.1 Å². The van der Waals surface area contributed by atoms with Gasteiger partial charge in [-0.15, -0.1) is 0 Å². The molecule has 34 heavy (non-hydrogen) atoms. The summed E-state index contributed by atoms with van der Waals surface area (Å²) in [4.78, 5) is 27.3. The lowest BCUT2D eigenvalue weighted by Crippen LogP contribution is -2.47. The smallest absolute Gasteiger partial charge is 0.416 e. The van der Waals surface area contributed by atoms with Crippen LogP contribution in [0.25, 0.3) is 0 Å². The fourth-order valence-corrected chi connectivity index (χ4v) is 4.00. The quantitative estimate of drug-likeness (QED) is 0.538. The highest BCUT2D eigenvalue weighted by atomic mass is 19.4. The summed E-state index contributed by atoms with van der Waals surface area (Å²) in [6, 6.07) is 16.0. The number of piperidine rings is 1. The van der Waals surface area contributed by atoms with E-state index in [9.17, 15) is 22.8 Å². The van der Waals surface area contributed by atoms with Crippen LogP contribution in [-0.4, -0.2) is 35.8 Å². The molecule has 3 aromatic rings. The number of hydrogen-bond donors (Lipinski definition) is 2. The van der Waals surface area contributed by atoms with Crippen LogP contribution in [0.1, 0.15) is 40.6 Å². The van der Waals surface area contributed by atoms with E-state index >= 15 is 0 Å². The first-order chi connectivity index (χ1) is 16.3. The van der Waals surface area contributed by atoms with Crippen LogP contribution in [-0.2, 0) is 11.0 Å². The average Bonchev–Trinajstić information content (AvgIpc) is 3.38. The molecule has 1 fully saturated rings.